The summed E-state index contributed by atoms with van der Waals surface area (Å²) in [6.45, 7) is 9.72. The van der Waals surface area contributed by atoms with Gasteiger partial charge in [0, 0.05) is 24.0 Å². The molecule has 0 fully saturated rings. The number of nitrogens with one attached hydrogen (secondary N) is 1. The summed E-state index contributed by atoms with van der Waals surface area (Å²) in [4.78, 5) is 10.7. The van der Waals surface area contributed by atoms with Crippen LogP contribution in [-0.2, 0) is 0 Å². The minimum absolute atomic E-state index is 0.381. The molecule has 110 valence electrons. The van der Waals surface area contributed by atoms with E-state index in [1.165, 1.54) is 11.3 Å². The van der Waals surface area contributed by atoms with Crippen LogP contribution in [0.15, 0.2) is 0 Å². The van der Waals surface area contributed by atoms with E-state index in [1.54, 1.807) is 0 Å². The van der Waals surface area contributed by atoms with Gasteiger partial charge < -0.3 is 15.1 Å². The lowest BCUT2D eigenvalue weighted by molar-refractivity contribution is 0.400. The van der Waals surface area contributed by atoms with E-state index in [-0.39, 0.29) is 0 Å². The highest BCUT2D eigenvalue weighted by Gasteiger charge is 2.16. The van der Waals surface area contributed by atoms with Crippen molar-refractivity contribution in [3.8, 4) is 0 Å². The average Bonchev–Trinajstić information content (AvgIpc) is 2.75. The van der Waals surface area contributed by atoms with Crippen molar-refractivity contribution in [3.05, 3.63) is 10.6 Å². The Morgan fingerprint density at radius 1 is 1.32 bits per heavy atom. The lowest BCUT2D eigenvalue weighted by Gasteiger charge is -2.20. The first-order chi connectivity index (χ1) is 8.99. The van der Waals surface area contributed by atoms with E-state index in [0.717, 1.165) is 30.5 Å². The zero-order valence-corrected chi connectivity index (χ0v) is 14.0. The van der Waals surface area contributed by atoms with E-state index < -0.39 is 0 Å². The molecule has 1 aromatic rings. The van der Waals surface area contributed by atoms with Crippen LogP contribution >= 0.6 is 11.3 Å². The maximum absolute atomic E-state index is 4.74. The fourth-order valence-corrected chi connectivity index (χ4v) is 3.25. The Bertz CT molecular complexity index is 376. The Balaban J connectivity index is 2.70. The molecular formula is C14H28N4S. The molecule has 0 saturated heterocycles. The van der Waals surface area contributed by atoms with Gasteiger partial charge in [-0.1, -0.05) is 0 Å². The topological polar surface area (TPSA) is 31.4 Å². The smallest absolute Gasteiger partial charge is 0.185 e. The number of aryl methyl sites for hydroxylation is 1. The zero-order valence-electron chi connectivity index (χ0n) is 13.2. The molecule has 1 rings (SSSR count). The van der Waals surface area contributed by atoms with Gasteiger partial charge in [0.1, 0.15) is 0 Å². The third-order valence-electron chi connectivity index (χ3n) is 3.33. The van der Waals surface area contributed by atoms with Crippen LogP contribution in [0.1, 0.15) is 36.9 Å². The molecule has 1 unspecified atom stereocenters. The van der Waals surface area contributed by atoms with Gasteiger partial charge in [-0.2, -0.15) is 0 Å². The molecule has 4 nitrogen and oxygen atoms in total. The molecular weight excluding hydrogens is 256 g/mol. The Morgan fingerprint density at radius 2 is 2.00 bits per heavy atom. The molecule has 0 spiro atoms. The van der Waals surface area contributed by atoms with Gasteiger partial charge in [0.15, 0.2) is 5.13 Å². The Kier molecular flexibility index (Phi) is 6.75. The van der Waals surface area contributed by atoms with Gasteiger partial charge >= 0.3 is 0 Å². The number of thiazole rings is 1. The molecule has 0 aliphatic rings. The van der Waals surface area contributed by atoms with E-state index in [0.29, 0.717) is 6.04 Å². The predicted octanol–water partition coefficient (Wildman–Crippen LogP) is 2.51. The molecule has 5 heteroatoms. The largest absolute Gasteiger partial charge is 0.348 e. The monoisotopic (exact) mass is 284 g/mol. The van der Waals surface area contributed by atoms with Crippen molar-refractivity contribution in [2.24, 2.45) is 0 Å². The summed E-state index contributed by atoms with van der Waals surface area (Å²) in [7, 11) is 6.24. The van der Waals surface area contributed by atoms with Crippen LogP contribution in [0, 0.1) is 6.92 Å². The van der Waals surface area contributed by atoms with E-state index in [1.807, 2.05) is 18.4 Å². The fourth-order valence-electron chi connectivity index (χ4n) is 2.03. The summed E-state index contributed by atoms with van der Waals surface area (Å²) in [5.74, 6) is 0. The van der Waals surface area contributed by atoms with E-state index in [4.69, 9.17) is 4.98 Å². The number of aromatic nitrogens is 1. The third-order valence-corrected chi connectivity index (χ3v) is 4.73. The maximum Gasteiger partial charge on any atom is 0.185 e. The molecule has 0 aliphatic heterocycles. The van der Waals surface area contributed by atoms with Gasteiger partial charge in [0.05, 0.1) is 5.69 Å². The van der Waals surface area contributed by atoms with Crippen LogP contribution in [-0.4, -0.2) is 50.7 Å². The Morgan fingerprint density at radius 3 is 2.53 bits per heavy atom. The normalized spacial score (nSPS) is 13.0. The van der Waals surface area contributed by atoms with Crippen molar-refractivity contribution in [3.63, 3.8) is 0 Å². The lowest BCUT2D eigenvalue weighted by atomic mass is 10.2. The van der Waals surface area contributed by atoms with Gasteiger partial charge in [0.25, 0.3) is 0 Å². The van der Waals surface area contributed by atoms with Gasteiger partial charge in [-0.05, 0) is 54.9 Å². The van der Waals surface area contributed by atoms with E-state index in [2.05, 4.69) is 50.0 Å². The predicted molar refractivity (Wildman–Crippen MR) is 85.4 cm³/mol. The molecule has 0 saturated carbocycles. The maximum atomic E-state index is 4.74. The van der Waals surface area contributed by atoms with Gasteiger partial charge in [-0.25, -0.2) is 4.98 Å². The highest BCUT2D eigenvalue weighted by Crippen LogP contribution is 2.30. The van der Waals surface area contributed by atoms with Crippen LogP contribution in [0.5, 0.6) is 0 Å². The molecule has 0 aliphatic carbocycles. The molecule has 0 aromatic carbocycles. The summed E-state index contributed by atoms with van der Waals surface area (Å²) >= 11 is 1.82. The highest BCUT2D eigenvalue weighted by atomic mass is 32.1. The van der Waals surface area contributed by atoms with Crippen LogP contribution in [0.3, 0.4) is 0 Å². The molecule has 1 heterocycles. The lowest BCUT2D eigenvalue weighted by Crippen LogP contribution is -2.26. The minimum atomic E-state index is 0.381. The van der Waals surface area contributed by atoms with Crippen LogP contribution < -0.4 is 10.2 Å². The van der Waals surface area contributed by atoms with Crippen LogP contribution in [0.25, 0.3) is 0 Å². The van der Waals surface area contributed by atoms with Gasteiger partial charge in [-0.3, -0.25) is 0 Å². The van der Waals surface area contributed by atoms with Crippen molar-refractivity contribution in [1.82, 2.24) is 15.2 Å². The number of hydrogen-bond donors (Lipinski definition) is 1. The molecule has 0 amide bonds. The SMILES string of the molecule is CCN(CCCN(C)C)c1nc(C)c(C(C)NC)s1. The number of anilines is 1. The van der Waals surface area contributed by atoms with Crippen molar-refractivity contribution in [2.45, 2.75) is 33.2 Å². The first-order valence-electron chi connectivity index (χ1n) is 7.03. The van der Waals surface area contributed by atoms with Gasteiger partial charge in [-0.15, -0.1) is 11.3 Å². The quantitative estimate of drug-likeness (QED) is 0.795. The molecule has 0 radical (unpaired) electrons. The highest BCUT2D eigenvalue weighted by molar-refractivity contribution is 7.15. The standard InChI is InChI=1S/C14H28N4S/c1-7-18(10-8-9-17(5)6)14-16-12(3)13(19-14)11(2)15-4/h11,15H,7-10H2,1-6H3. The molecule has 1 atom stereocenters. The number of hydrogen-bond acceptors (Lipinski definition) is 5. The fraction of sp³-hybridized carbons (Fsp3) is 0.786. The summed E-state index contributed by atoms with van der Waals surface area (Å²) in [6.07, 6.45) is 1.18. The first-order valence-corrected chi connectivity index (χ1v) is 7.85. The molecule has 19 heavy (non-hydrogen) atoms. The summed E-state index contributed by atoms with van der Waals surface area (Å²) in [5, 5.41) is 4.46. The Labute approximate surface area is 121 Å². The molecule has 0 bridgehead atoms. The van der Waals surface area contributed by atoms with Crippen molar-refractivity contribution in [1.29, 1.82) is 0 Å². The Hall–Kier alpha value is -0.650. The second-order valence-electron chi connectivity index (χ2n) is 5.19. The second-order valence-corrected chi connectivity index (χ2v) is 6.20. The van der Waals surface area contributed by atoms with Crippen molar-refractivity contribution >= 4 is 16.5 Å². The van der Waals surface area contributed by atoms with E-state index >= 15 is 0 Å². The van der Waals surface area contributed by atoms with Crippen molar-refractivity contribution in [2.75, 3.05) is 45.7 Å². The molecule has 1 aromatic heterocycles. The summed E-state index contributed by atoms with van der Waals surface area (Å²) < 4.78 is 0. The number of rotatable bonds is 8. The minimum Gasteiger partial charge on any atom is -0.348 e. The second kappa shape index (κ2) is 7.82. The number of nitrogens with zero attached hydrogens (tertiary/aromatic N) is 3. The van der Waals surface area contributed by atoms with Crippen LogP contribution in [0.4, 0.5) is 5.13 Å². The van der Waals surface area contributed by atoms with Gasteiger partial charge in [0.2, 0.25) is 0 Å². The third kappa shape index (κ3) is 4.75. The van der Waals surface area contributed by atoms with E-state index in [9.17, 15) is 0 Å². The summed E-state index contributed by atoms with van der Waals surface area (Å²) in [6, 6.07) is 0.381. The summed E-state index contributed by atoms with van der Waals surface area (Å²) in [5.41, 5.74) is 1.16. The molecule has 1 N–H and O–H groups in total. The van der Waals surface area contributed by atoms with Crippen molar-refractivity contribution < 1.29 is 0 Å². The zero-order chi connectivity index (χ0) is 14.4. The first kappa shape index (κ1) is 16.4. The average molecular weight is 284 g/mol. The van der Waals surface area contributed by atoms with Crippen LogP contribution in [0.2, 0.25) is 0 Å².